The molecule has 4 nitrogen and oxygen atoms in total. The van der Waals surface area contributed by atoms with Gasteiger partial charge in [-0.15, -0.1) is 0 Å². The van der Waals surface area contributed by atoms with E-state index < -0.39 is 6.09 Å². The van der Waals surface area contributed by atoms with Gasteiger partial charge < -0.3 is 15.3 Å². The van der Waals surface area contributed by atoms with E-state index in [1.165, 1.54) is 12.0 Å². The summed E-state index contributed by atoms with van der Waals surface area (Å²) in [6.07, 6.45) is 4.51. The molecule has 0 saturated heterocycles. The van der Waals surface area contributed by atoms with Gasteiger partial charge in [-0.1, -0.05) is 30.3 Å². The highest BCUT2D eigenvalue weighted by Gasteiger charge is 2.41. The molecule has 24 heavy (non-hydrogen) atoms. The van der Waals surface area contributed by atoms with E-state index in [1.54, 1.807) is 4.90 Å². The van der Waals surface area contributed by atoms with E-state index in [1.807, 2.05) is 20.8 Å². The van der Waals surface area contributed by atoms with Crippen LogP contribution in [0.25, 0.3) is 0 Å². The highest BCUT2D eigenvalue weighted by Crippen LogP contribution is 2.41. The summed E-state index contributed by atoms with van der Waals surface area (Å²) < 4.78 is 0. The summed E-state index contributed by atoms with van der Waals surface area (Å²) in [4.78, 5) is 13.3. The molecule has 1 amide bonds. The molecule has 0 spiro atoms. The predicted octanol–water partition coefficient (Wildman–Crippen LogP) is 4.22. The SMILES string of the molecule is CC(C)(C)N(C(=O)O)C1CCC(N[C@@H]2C[C@H]2c2ccccc2)CC1. The number of amides is 1. The first kappa shape index (κ1) is 17.3. The minimum Gasteiger partial charge on any atom is -0.465 e. The zero-order chi connectivity index (χ0) is 17.3. The van der Waals surface area contributed by atoms with Crippen LogP contribution in [0.2, 0.25) is 0 Å². The van der Waals surface area contributed by atoms with Gasteiger partial charge in [0.05, 0.1) is 0 Å². The first-order valence-electron chi connectivity index (χ1n) is 9.19. The second-order valence-corrected chi connectivity index (χ2v) is 8.35. The second kappa shape index (κ2) is 6.75. The average Bonchev–Trinajstić information content (AvgIpc) is 3.27. The zero-order valence-electron chi connectivity index (χ0n) is 15.0. The van der Waals surface area contributed by atoms with Crippen molar-refractivity contribution in [3.05, 3.63) is 35.9 Å². The molecule has 2 aliphatic rings. The topological polar surface area (TPSA) is 52.6 Å². The molecule has 2 atom stereocenters. The Morgan fingerprint density at radius 1 is 1.12 bits per heavy atom. The Hall–Kier alpha value is -1.55. The lowest BCUT2D eigenvalue weighted by Gasteiger charge is -2.42. The van der Waals surface area contributed by atoms with Crippen molar-refractivity contribution in [2.45, 2.75) is 82.5 Å². The molecule has 0 aliphatic heterocycles. The Bertz CT molecular complexity index is 559. The van der Waals surface area contributed by atoms with Crippen molar-refractivity contribution >= 4 is 6.09 Å². The third-order valence-corrected chi connectivity index (χ3v) is 5.46. The number of carbonyl (C=O) groups is 1. The van der Waals surface area contributed by atoms with Gasteiger partial charge in [-0.2, -0.15) is 0 Å². The monoisotopic (exact) mass is 330 g/mol. The van der Waals surface area contributed by atoms with Crippen LogP contribution in [-0.4, -0.2) is 39.8 Å². The fourth-order valence-corrected chi connectivity index (χ4v) is 4.24. The van der Waals surface area contributed by atoms with Crippen molar-refractivity contribution in [3.8, 4) is 0 Å². The minimum atomic E-state index is -0.787. The molecule has 2 fully saturated rings. The number of nitrogens with one attached hydrogen (secondary N) is 1. The van der Waals surface area contributed by atoms with Gasteiger partial charge in [-0.05, 0) is 58.4 Å². The first-order valence-corrected chi connectivity index (χ1v) is 9.19. The van der Waals surface area contributed by atoms with Crippen molar-refractivity contribution in [1.29, 1.82) is 0 Å². The van der Waals surface area contributed by atoms with E-state index >= 15 is 0 Å². The molecule has 0 unspecified atom stereocenters. The molecule has 132 valence electrons. The summed E-state index contributed by atoms with van der Waals surface area (Å²) in [5.74, 6) is 0.661. The van der Waals surface area contributed by atoms with Gasteiger partial charge in [0, 0.05) is 29.6 Å². The van der Waals surface area contributed by atoms with Crippen LogP contribution in [0.15, 0.2) is 30.3 Å². The molecule has 1 aromatic rings. The lowest BCUT2D eigenvalue weighted by molar-refractivity contribution is 0.0530. The van der Waals surface area contributed by atoms with Crippen molar-refractivity contribution < 1.29 is 9.90 Å². The third-order valence-electron chi connectivity index (χ3n) is 5.46. The van der Waals surface area contributed by atoms with Crippen LogP contribution in [-0.2, 0) is 0 Å². The number of hydrogen-bond acceptors (Lipinski definition) is 2. The largest absolute Gasteiger partial charge is 0.465 e. The maximum atomic E-state index is 11.6. The Morgan fingerprint density at radius 2 is 1.75 bits per heavy atom. The summed E-state index contributed by atoms with van der Waals surface area (Å²) >= 11 is 0. The molecular formula is C20H30N2O2. The standard InChI is InChI=1S/C20H30N2O2/c1-20(2,3)22(19(23)24)16-11-9-15(10-12-16)21-18-13-17(18)14-7-5-4-6-8-14/h4-8,15-18,21H,9-13H2,1-3H3,(H,23,24)/t15?,16?,17-,18+/m0/s1. The summed E-state index contributed by atoms with van der Waals surface area (Å²) in [5, 5.41) is 13.4. The van der Waals surface area contributed by atoms with Gasteiger partial charge in [0.1, 0.15) is 0 Å². The van der Waals surface area contributed by atoms with E-state index in [-0.39, 0.29) is 11.6 Å². The predicted molar refractivity (Wildman–Crippen MR) is 96.4 cm³/mol. The Kier molecular flexibility index (Phi) is 4.86. The van der Waals surface area contributed by atoms with Crippen molar-refractivity contribution in [1.82, 2.24) is 10.2 Å². The van der Waals surface area contributed by atoms with Crippen LogP contribution in [0.5, 0.6) is 0 Å². The molecule has 3 rings (SSSR count). The lowest BCUT2D eigenvalue weighted by atomic mass is 9.88. The molecule has 0 radical (unpaired) electrons. The van der Waals surface area contributed by atoms with Crippen LogP contribution in [0.4, 0.5) is 4.79 Å². The molecule has 2 N–H and O–H groups in total. The maximum Gasteiger partial charge on any atom is 0.407 e. The fraction of sp³-hybridized carbons (Fsp3) is 0.650. The normalized spacial score (nSPS) is 30.0. The molecule has 2 saturated carbocycles. The van der Waals surface area contributed by atoms with Crippen molar-refractivity contribution in [3.63, 3.8) is 0 Å². The number of benzene rings is 1. The number of carboxylic acid groups (broad SMARTS) is 1. The van der Waals surface area contributed by atoms with Crippen LogP contribution in [0, 0.1) is 0 Å². The molecule has 0 heterocycles. The fourth-order valence-electron chi connectivity index (χ4n) is 4.24. The van der Waals surface area contributed by atoms with Gasteiger partial charge in [0.2, 0.25) is 0 Å². The van der Waals surface area contributed by atoms with Gasteiger partial charge >= 0.3 is 6.09 Å². The van der Waals surface area contributed by atoms with Crippen LogP contribution >= 0.6 is 0 Å². The average molecular weight is 330 g/mol. The molecule has 2 aliphatic carbocycles. The van der Waals surface area contributed by atoms with E-state index in [4.69, 9.17) is 0 Å². The molecule has 0 aromatic heterocycles. The first-order chi connectivity index (χ1) is 11.4. The quantitative estimate of drug-likeness (QED) is 0.869. The van der Waals surface area contributed by atoms with Crippen molar-refractivity contribution in [2.24, 2.45) is 0 Å². The van der Waals surface area contributed by atoms with Crippen LogP contribution in [0.1, 0.15) is 64.4 Å². The van der Waals surface area contributed by atoms with E-state index in [9.17, 15) is 9.90 Å². The minimum absolute atomic E-state index is 0.157. The summed E-state index contributed by atoms with van der Waals surface area (Å²) in [5.41, 5.74) is 1.11. The van der Waals surface area contributed by atoms with E-state index in [0.717, 1.165) is 25.7 Å². The Balaban J connectivity index is 1.49. The molecule has 0 bridgehead atoms. The van der Waals surface area contributed by atoms with E-state index in [0.29, 0.717) is 18.0 Å². The van der Waals surface area contributed by atoms with Crippen molar-refractivity contribution in [2.75, 3.05) is 0 Å². The highest BCUT2D eigenvalue weighted by molar-refractivity contribution is 5.66. The molecular weight excluding hydrogens is 300 g/mol. The second-order valence-electron chi connectivity index (χ2n) is 8.35. The van der Waals surface area contributed by atoms with Crippen LogP contribution < -0.4 is 5.32 Å². The highest BCUT2D eigenvalue weighted by atomic mass is 16.4. The summed E-state index contributed by atoms with van der Waals surface area (Å²) in [6, 6.07) is 12.0. The lowest BCUT2D eigenvalue weighted by Crippen LogP contribution is -2.53. The third kappa shape index (κ3) is 3.92. The summed E-state index contributed by atoms with van der Waals surface area (Å²) in [6.45, 7) is 5.96. The van der Waals surface area contributed by atoms with Gasteiger partial charge in [0.15, 0.2) is 0 Å². The summed E-state index contributed by atoms with van der Waals surface area (Å²) in [7, 11) is 0. The smallest absolute Gasteiger partial charge is 0.407 e. The van der Waals surface area contributed by atoms with Gasteiger partial charge in [-0.25, -0.2) is 4.79 Å². The maximum absolute atomic E-state index is 11.6. The van der Waals surface area contributed by atoms with Gasteiger partial charge in [0.25, 0.3) is 0 Å². The zero-order valence-corrected chi connectivity index (χ0v) is 15.0. The number of rotatable bonds is 4. The molecule has 1 aromatic carbocycles. The van der Waals surface area contributed by atoms with E-state index in [2.05, 4.69) is 35.6 Å². The van der Waals surface area contributed by atoms with Gasteiger partial charge in [-0.3, -0.25) is 0 Å². The number of nitrogens with zero attached hydrogens (tertiary/aromatic N) is 1. The molecule has 4 heteroatoms. The number of hydrogen-bond donors (Lipinski definition) is 2. The Labute approximate surface area is 145 Å². The Morgan fingerprint density at radius 3 is 2.29 bits per heavy atom. The van der Waals surface area contributed by atoms with Crippen LogP contribution in [0.3, 0.4) is 0 Å².